The van der Waals surface area contributed by atoms with Crippen molar-refractivity contribution in [3.63, 3.8) is 0 Å². The number of nitrogens with zero attached hydrogens (tertiary/aromatic N) is 5. The van der Waals surface area contributed by atoms with Gasteiger partial charge in [0.05, 0.1) is 24.5 Å². The minimum atomic E-state index is -0.149. The van der Waals surface area contributed by atoms with Gasteiger partial charge < -0.3 is 14.6 Å². The van der Waals surface area contributed by atoms with Crippen LogP contribution < -0.4 is 5.32 Å². The van der Waals surface area contributed by atoms with Gasteiger partial charge in [0.15, 0.2) is 0 Å². The number of amides is 2. The third-order valence-corrected chi connectivity index (χ3v) is 5.40. The van der Waals surface area contributed by atoms with Gasteiger partial charge >= 0.3 is 6.03 Å². The van der Waals surface area contributed by atoms with Crippen molar-refractivity contribution in [3.05, 3.63) is 58.6 Å². The molecule has 0 aliphatic heterocycles. The van der Waals surface area contributed by atoms with E-state index in [0.717, 1.165) is 41.3 Å². The van der Waals surface area contributed by atoms with Crippen LogP contribution in [0.25, 0.3) is 5.65 Å². The van der Waals surface area contributed by atoms with Crippen molar-refractivity contribution < 1.29 is 4.79 Å². The largest absolute Gasteiger partial charge is 0.331 e. The first-order valence-electron chi connectivity index (χ1n) is 9.79. The van der Waals surface area contributed by atoms with Gasteiger partial charge in [-0.25, -0.2) is 19.7 Å². The molecule has 0 aromatic carbocycles. The number of nitrogens with one attached hydrogen (secondary N) is 1. The smallest absolute Gasteiger partial charge is 0.317 e. The predicted octanol–water partition coefficient (Wildman–Crippen LogP) is 2.96. The van der Waals surface area contributed by atoms with Crippen LogP contribution in [0.3, 0.4) is 0 Å². The van der Waals surface area contributed by atoms with Gasteiger partial charge in [0.1, 0.15) is 11.5 Å². The van der Waals surface area contributed by atoms with E-state index in [0.29, 0.717) is 18.9 Å². The van der Waals surface area contributed by atoms with E-state index in [2.05, 4.69) is 20.3 Å². The fourth-order valence-electron chi connectivity index (χ4n) is 3.86. The summed E-state index contributed by atoms with van der Waals surface area (Å²) in [6.45, 7) is 4.82. The Kier molecular flexibility index (Phi) is 4.98. The van der Waals surface area contributed by atoms with Crippen molar-refractivity contribution in [2.24, 2.45) is 0 Å². The lowest BCUT2D eigenvalue weighted by Crippen LogP contribution is -2.37. The van der Waals surface area contributed by atoms with Gasteiger partial charge in [0.2, 0.25) is 0 Å². The Labute approximate surface area is 164 Å². The standard InChI is InChI=1S/C21H26N6O/c1-14-16-8-4-5-9-17(16)25-19(23-14)12-22-21(28)26(3)13-18-15(2)24-20-10-6-7-11-27(18)20/h6-7,10-11H,4-5,8-9,12-13H2,1-3H3,(H,22,28). The molecular formula is C21H26N6O. The molecule has 1 aliphatic rings. The van der Waals surface area contributed by atoms with E-state index >= 15 is 0 Å². The maximum atomic E-state index is 12.6. The molecule has 7 nitrogen and oxygen atoms in total. The molecule has 1 N–H and O–H groups in total. The summed E-state index contributed by atoms with van der Waals surface area (Å²) < 4.78 is 2.02. The number of pyridine rings is 1. The first kappa shape index (κ1) is 18.4. The molecule has 3 heterocycles. The van der Waals surface area contributed by atoms with E-state index in [4.69, 9.17) is 0 Å². The van der Waals surface area contributed by atoms with Crippen LogP contribution in [0.2, 0.25) is 0 Å². The zero-order chi connectivity index (χ0) is 19.7. The van der Waals surface area contributed by atoms with Crippen LogP contribution in [0, 0.1) is 13.8 Å². The fraction of sp³-hybridized carbons (Fsp3) is 0.429. The van der Waals surface area contributed by atoms with Gasteiger partial charge in [-0.15, -0.1) is 0 Å². The normalized spacial score (nSPS) is 13.4. The number of imidazole rings is 1. The van der Waals surface area contributed by atoms with Crippen molar-refractivity contribution in [1.82, 2.24) is 29.6 Å². The van der Waals surface area contributed by atoms with E-state index in [1.54, 1.807) is 11.9 Å². The molecule has 4 rings (SSSR count). The summed E-state index contributed by atoms with van der Waals surface area (Å²) >= 11 is 0. The molecule has 0 fully saturated rings. The van der Waals surface area contributed by atoms with Crippen LogP contribution >= 0.6 is 0 Å². The lowest BCUT2D eigenvalue weighted by Gasteiger charge is -2.20. The summed E-state index contributed by atoms with van der Waals surface area (Å²) in [5, 5.41) is 2.95. The molecule has 3 aromatic heterocycles. The molecule has 146 valence electrons. The van der Waals surface area contributed by atoms with Crippen molar-refractivity contribution in [3.8, 4) is 0 Å². The minimum Gasteiger partial charge on any atom is -0.331 e. The summed E-state index contributed by atoms with van der Waals surface area (Å²) in [6, 6.07) is 5.74. The van der Waals surface area contributed by atoms with E-state index in [1.807, 2.05) is 42.6 Å². The Hall–Kier alpha value is -2.96. The van der Waals surface area contributed by atoms with Crippen LogP contribution in [-0.4, -0.2) is 37.3 Å². The highest BCUT2D eigenvalue weighted by Crippen LogP contribution is 2.21. The number of carbonyl (C=O) groups is 1. The van der Waals surface area contributed by atoms with Gasteiger partial charge in [0, 0.05) is 24.6 Å². The molecule has 0 unspecified atom stereocenters. The monoisotopic (exact) mass is 378 g/mol. The summed E-state index contributed by atoms with van der Waals surface area (Å²) in [5.74, 6) is 0.686. The SMILES string of the molecule is Cc1nc(CNC(=O)N(C)Cc2c(C)nc3ccccn23)nc2c1CCCC2. The van der Waals surface area contributed by atoms with Crippen LogP contribution in [0.5, 0.6) is 0 Å². The van der Waals surface area contributed by atoms with Gasteiger partial charge in [-0.1, -0.05) is 6.07 Å². The number of aryl methyl sites for hydroxylation is 3. The topological polar surface area (TPSA) is 75.4 Å². The summed E-state index contributed by atoms with van der Waals surface area (Å²) in [7, 11) is 1.79. The molecule has 3 aromatic rings. The first-order valence-corrected chi connectivity index (χ1v) is 9.79. The maximum absolute atomic E-state index is 12.6. The number of fused-ring (bicyclic) bond motifs is 2. The minimum absolute atomic E-state index is 0.149. The lowest BCUT2D eigenvalue weighted by molar-refractivity contribution is 0.205. The highest BCUT2D eigenvalue weighted by atomic mass is 16.2. The van der Waals surface area contributed by atoms with Gasteiger partial charge in [-0.3, -0.25) is 0 Å². The highest BCUT2D eigenvalue weighted by Gasteiger charge is 2.17. The Morgan fingerprint density at radius 3 is 2.82 bits per heavy atom. The maximum Gasteiger partial charge on any atom is 0.317 e. The summed E-state index contributed by atoms with van der Waals surface area (Å²) in [4.78, 5) is 28.1. The molecular weight excluding hydrogens is 352 g/mol. The number of rotatable bonds is 4. The van der Waals surface area contributed by atoms with Crippen molar-refractivity contribution in [2.45, 2.75) is 52.6 Å². The molecule has 0 saturated carbocycles. The third kappa shape index (κ3) is 3.56. The molecule has 1 aliphatic carbocycles. The zero-order valence-corrected chi connectivity index (χ0v) is 16.7. The second-order valence-electron chi connectivity index (χ2n) is 7.45. The molecule has 2 amide bonds. The Balaban J connectivity index is 1.42. The van der Waals surface area contributed by atoms with Gasteiger partial charge in [-0.2, -0.15) is 0 Å². The first-order chi connectivity index (χ1) is 13.5. The average molecular weight is 378 g/mol. The number of hydrogen-bond donors (Lipinski definition) is 1. The van der Waals surface area contributed by atoms with E-state index in [9.17, 15) is 4.79 Å². The number of carbonyl (C=O) groups excluding carboxylic acids is 1. The summed E-state index contributed by atoms with van der Waals surface area (Å²) in [6.07, 6.45) is 6.43. The third-order valence-electron chi connectivity index (χ3n) is 5.40. The number of urea groups is 1. The molecule has 7 heteroatoms. The summed E-state index contributed by atoms with van der Waals surface area (Å²) in [5.41, 5.74) is 6.32. The zero-order valence-electron chi connectivity index (χ0n) is 16.7. The van der Waals surface area contributed by atoms with Crippen LogP contribution in [0.1, 0.15) is 47.0 Å². The second kappa shape index (κ2) is 7.58. The molecule has 0 atom stereocenters. The quantitative estimate of drug-likeness (QED) is 0.757. The van der Waals surface area contributed by atoms with Crippen LogP contribution in [0.4, 0.5) is 4.79 Å². The van der Waals surface area contributed by atoms with E-state index in [-0.39, 0.29) is 6.03 Å². The Morgan fingerprint density at radius 2 is 1.96 bits per heavy atom. The van der Waals surface area contributed by atoms with Crippen LogP contribution in [-0.2, 0) is 25.9 Å². The predicted molar refractivity (Wildman–Crippen MR) is 107 cm³/mol. The molecule has 0 spiro atoms. The van der Waals surface area contributed by atoms with Crippen LogP contribution in [0.15, 0.2) is 24.4 Å². The Morgan fingerprint density at radius 1 is 1.14 bits per heavy atom. The molecule has 0 bridgehead atoms. The van der Waals surface area contributed by atoms with Crippen molar-refractivity contribution >= 4 is 11.7 Å². The average Bonchev–Trinajstić information content (AvgIpc) is 3.01. The fourth-order valence-corrected chi connectivity index (χ4v) is 3.86. The van der Waals surface area contributed by atoms with Gasteiger partial charge in [-0.05, 0) is 57.2 Å². The second-order valence-corrected chi connectivity index (χ2v) is 7.45. The molecule has 0 radical (unpaired) electrons. The number of aromatic nitrogens is 4. The molecule has 0 saturated heterocycles. The number of hydrogen-bond acceptors (Lipinski definition) is 4. The molecule has 28 heavy (non-hydrogen) atoms. The van der Waals surface area contributed by atoms with Crippen molar-refractivity contribution in [2.75, 3.05) is 7.05 Å². The lowest BCUT2D eigenvalue weighted by atomic mass is 9.95. The highest BCUT2D eigenvalue weighted by molar-refractivity contribution is 5.73. The van der Waals surface area contributed by atoms with E-state index < -0.39 is 0 Å². The van der Waals surface area contributed by atoms with Gasteiger partial charge in [0.25, 0.3) is 0 Å². The van der Waals surface area contributed by atoms with E-state index in [1.165, 1.54) is 18.4 Å². The Bertz CT molecular complexity index is 1030. The van der Waals surface area contributed by atoms with Crippen molar-refractivity contribution in [1.29, 1.82) is 0 Å².